The van der Waals surface area contributed by atoms with Crippen molar-refractivity contribution >= 4 is 29.9 Å². The van der Waals surface area contributed by atoms with Crippen molar-refractivity contribution in [3.63, 3.8) is 0 Å². The molecule has 2 aliphatic rings. The molecule has 1 saturated carbocycles. The van der Waals surface area contributed by atoms with Gasteiger partial charge in [0.05, 0.1) is 0 Å². The molecule has 1 aromatic rings. The lowest BCUT2D eigenvalue weighted by Crippen LogP contribution is -2.38. The van der Waals surface area contributed by atoms with Crippen LogP contribution < -0.4 is 11.1 Å². The third-order valence-electron chi connectivity index (χ3n) is 3.78. The summed E-state index contributed by atoms with van der Waals surface area (Å²) in [5, 5.41) is 11.6. The Balaban J connectivity index is 0.00000133. The number of nitrogens with one attached hydrogen (secondary N) is 1. The van der Waals surface area contributed by atoms with Gasteiger partial charge in [-0.15, -0.1) is 34.2 Å². The van der Waals surface area contributed by atoms with Crippen molar-refractivity contribution in [1.82, 2.24) is 20.1 Å². The van der Waals surface area contributed by atoms with Gasteiger partial charge < -0.3 is 15.6 Å². The van der Waals surface area contributed by atoms with Crippen LogP contribution in [0.25, 0.3) is 0 Å². The Morgan fingerprint density at radius 3 is 2.89 bits per heavy atom. The number of guanidine groups is 1. The molecule has 0 amide bonds. The Morgan fingerprint density at radius 1 is 1.32 bits per heavy atom. The average molecular weight is 376 g/mol. The number of nitrogens with zero attached hydrogens (tertiary/aromatic N) is 4. The summed E-state index contributed by atoms with van der Waals surface area (Å²) < 4.78 is 2.16. The van der Waals surface area contributed by atoms with Crippen LogP contribution in [0.1, 0.15) is 43.8 Å². The molecule has 3 N–H and O–H groups in total. The molecule has 0 saturated heterocycles. The Bertz CT molecular complexity index is 449. The first-order chi connectivity index (χ1) is 8.83. The topological polar surface area (TPSA) is 81.1 Å². The van der Waals surface area contributed by atoms with E-state index >= 15 is 0 Å². The molecule has 1 aliphatic carbocycles. The number of aryl methyl sites for hydroxylation is 1. The second-order valence-electron chi connectivity index (χ2n) is 5.11. The minimum atomic E-state index is 0. The molecule has 2 heterocycles. The van der Waals surface area contributed by atoms with Crippen LogP contribution in [0.4, 0.5) is 0 Å². The predicted molar refractivity (Wildman–Crippen MR) is 84.5 cm³/mol. The van der Waals surface area contributed by atoms with Gasteiger partial charge in [-0.3, -0.25) is 0 Å². The first-order valence-electron chi connectivity index (χ1n) is 6.80. The first-order valence-corrected chi connectivity index (χ1v) is 6.80. The highest BCUT2D eigenvalue weighted by Gasteiger charge is 2.17. The summed E-state index contributed by atoms with van der Waals surface area (Å²) in [6, 6.07) is 0.512. The van der Waals surface area contributed by atoms with Crippen molar-refractivity contribution < 1.29 is 0 Å². The standard InChI is InChI=1S/C12H20N6.HI/c13-12(15-9-4-1-2-5-9)14-8-11-17-16-10-6-3-7-18(10)11;/h9H,1-8H2,(H3,13,14,15);1H. The third-order valence-corrected chi connectivity index (χ3v) is 3.78. The van der Waals surface area contributed by atoms with Crippen LogP contribution in [0, 0.1) is 0 Å². The fraction of sp³-hybridized carbons (Fsp3) is 0.750. The van der Waals surface area contributed by atoms with E-state index in [1.165, 1.54) is 25.7 Å². The van der Waals surface area contributed by atoms with E-state index in [-0.39, 0.29) is 24.0 Å². The van der Waals surface area contributed by atoms with Gasteiger partial charge >= 0.3 is 0 Å². The molecule has 1 fully saturated rings. The van der Waals surface area contributed by atoms with Crippen molar-refractivity contribution in [2.24, 2.45) is 10.7 Å². The fourth-order valence-corrected chi connectivity index (χ4v) is 2.81. The average Bonchev–Trinajstić information content (AvgIpc) is 3.03. The maximum absolute atomic E-state index is 5.90. The zero-order chi connectivity index (χ0) is 12.4. The van der Waals surface area contributed by atoms with Crippen molar-refractivity contribution in [1.29, 1.82) is 0 Å². The second-order valence-corrected chi connectivity index (χ2v) is 5.11. The van der Waals surface area contributed by atoms with Crippen molar-refractivity contribution in [2.45, 2.75) is 57.7 Å². The molecule has 0 spiro atoms. The number of fused-ring (bicyclic) bond motifs is 1. The summed E-state index contributed by atoms with van der Waals surface area (Å²) in [5.41, 5.74) is 5.90. The monoisotopic (exact) mass is 376 g/mol. The molecule has 1 aromatic heterocycles. The molecule has 0 aromatic carbocycles. The zero-order valence-corrected chi connectivity index (χ0v) is 13.3. The van der Waals surface area contributed by atoms with Crippen LogP contribution in [-0.2, 0) is 19.5 Å². The largest absolute Gasteiger partial charge is 0.370 e. The van der Waals surface area contributed by atoms with Crippen LogP contribution in [0.15, 0.2) is 4.99 Å². The highest BCUT2D eigenvalue weighted by Crippen LogP contribution is 2.17. The normalized spacial score (nSPS) is 19.3. The van der Waals surface area contributed by atoms with Gasteiger partial charge in [-0.25, -0.2) is 4.99 Å². The van der Waals surface area contributed by atoms with E-state index in [1.54, 1.807) is 0 Å². The van der Waals surface area contributed by atoms with E-state index in [1.807, 2.05) is 0 Å². The summed E-state index contributed by atoms with van der Waals surface area (Å²) in [7, 11) is 0. The summed E-state index contributed by atoms with van der Waals surface area (Å²) in [4.78, 5) is 4.37. The van der Waals surface area contributed by atoms with Gasteiger partial charge in [-0.05, 0) is 19.3 Å². The summed E-state index contributed by atoms with van der Waals surface area (Å²) >= 11 is 0. The van der Waals surface area contributed by atoms with Crippen LogP contribution in [0.5, 0.6) is 0 Å². The second kappa shape index (κ2) is 6.53. The van der Waals surface area contributed by atoms with Crippen molar-refractivity contribution in [2.75, 3.05) is 0 Å². The molecule has 0 unspecified atom stereocenters. The number of halogens is 1. The maximum Gasteiger partial charge on any atom is 0.189 e. The Morgan fingerprint density at radius 2 is 2.11 bits per heavy atom. The molecule has 106 valence electrons. The van der Waals surface area contributed by atoms with Gasteiger partial charge in [0.1, 0.15) is 12.4 Å². The van der Waals surface area contributed by atoms with Crippen LogP contribution in [-0.4, -0.2) is 26.8 Å². The lowest BCUT2D eigenvalue weighted by Gasteiger charge is -2.12. The molecule has 3 rings (SSSR count). The predicted octanol–water partition coefficient (Wildman–Crippen LogP) is 1.19. The van der Waals surface area contributed by atoms with E-state index in [2.05, 4.69) is 25.1 Å². The minimum Gasteiger partial charge on any atom is -0.370 e. The molecule has 0 atom stereocenters. The van der Waals surface area contributed by atoms with Gasteiger partial charge in [-0.1, -0.05) is 12.8 Å². The van der Waals surface area contributed by atoms with Gasteiger partial charge in [0.15, 0.2) is 11.8 Å². The molecule has 0 bridgehead atoms. The fourth-order valence-electron chi connectivity index (χ4n) is 2.81. The summed E-state index contributed by atoms with van der Waals surface area (Å²) in [5.74, 6) is 2.55. The van der Waals surface area contributed by atoms with Crippen LogP contribution in [0.3, 0.4) is 0 Å². The highest BCUT2D eigenvalue weighted by molar-refractivity contribution is 14.0. The molecule has 0 radical (unpaired) electrons. The van der Waals surface area contributed by atoms with Gasteiger partial charge in [0, 0.05) is 19.0 Å². The Kier molecular flexibility index (Phi) is 5.00. The summed E-state index contributed by atoms with van der Waals surface area (Å²) in [6.07, 6.45) is 7.20. The molecule has 1 aliphatic heterocycles. The van der Waals surface area contributed by atoms with Crippen LogP contribution in [0.2, 0.25) is 0 Å². The zero-order valence-electron chi connectivity index (χ0n) is 11.0. The first kappa shape index (κ1) is 14.5. The Labute approximate surface area is 130 Å². The number of aromatic nitrogens is 3. The van der Waals surface area contributed by atoms with Gasteiger partial charge in [0.25, 0.3) is 0 Å². The number of hydrogen-bond acceptors (Lipinski definition) is 3. The van der Waals surface area contributed by atoms with E-state index < -0.39 is 0 Å². The van der Waals surface area contributed by atoms with Crippen LogP contribution >= 0.6 is 24.0 Å². The van der Waals surface area contributed by atoms with Crippen molar-refractivity contribution in [3.05, 3.63) is 11.6 Å². The summed E-state index contributed by atoms with van der Waals surface area (Å²) in [6.45, 7) is 1.54. The number of nitrogens with two attached hydrogens (primary N) is 1. The minimum absolute atomic E-state index is 0. The molecular weight excluding hydrogens is 355 g/mol. The highest BCUT2D eigenvalue weighted by atomic mass is 127. The van der Waals surface area contributed by atoms with Crippen molar-refractivity contribution in [3.8, 4) is 0 Å². The lowest BCUT2D eigenvalue weighted by atomic mass is 10.2. The Hall–Kier alpha value is -0.860. The molecular formula is C12H21IN6. The van der Waals surface area contributed by atoms with E-state index in [9.17, 15) is 0 Å². The van der Waals surface area contributed by atoms with E-state index in [4.69, 9.17) is 5.73 Å². The quantitative estimate of drug-likeness (QED) is 0.472. The van der Waals surface area contributed by atoms with Gasteiger partial charge in [0.2, 0.25) is 0 Å². The molecule has 6 nitrogen and oxygen atoms in total. The number of aliphatic imine (C=N–C) groups is 1. The third kappa shape index (κ3) is 3.37. The lowest BCUT2D eigenvalue weighted by molar-refractivity contribution is 0.623. The SMILES string of the molecule is I.NC(=NCc1nnc2n1CCC2)NC1CCCC1. The molecule has 7 heteroatoms. The van der Waals surface area contributed by atoms with E-state index in [0.29, 0.717) is 18.5 Å². The molecule has 19 heavy (non-hydrogen) atoms. The van der Waals surface area contributed by atoms with Gasteiger partial charge in [-0.2, -0.15) is 0 Å². The maximum atomic E-state index is 5.90. The van der Waals surface area contributed by atoms with E-state index in [0.717, 1.165) is 31.0 Å². The number of rotatable bonds is 3. The smallest absolute Gasteiger partial charge is 0.189 e. The number of hydrogen-bond donors (Lipinski definition) is 2.